The molecule has 2 rings (SSSR count). The molecule has 0 N–H and O–H groups in total. The van der Waals surface area contributed by atoms with E-state index in [-0.39, 0.29) is 5.91 Å². The molecule has 0 aromatic heterocycles. The highest BCUT2D eigenvalue weighted by Gasteiger charge is 2.20. The van der Waals surface area contributed by atoms with Crippen LogP contribution in [0.1, 0.15) is 11.1 Å². The van der Waals surface area contributed by atoms with Crippen molar-refractivity contribution < 1.29 is 4.79 Å². The van der Waals surface area contributed by atoms with Gasteiger partial charge in [-0.2, -0.15) is 11.8 Å². The second kappa shape index (κ2) is 6.96. The normalized spacial score (nSPS) is 16.6. The Balaban J connectivity index is 1.82. The molecule has 1 aliphatic heterocycles. The van der Waals surface area contributed by atoms with Gasteiger partial charge in [-0.15, -0.1) is 0 Å². The highest BCUT2D eigenvalue weighted by atomic mass is 32.2. The van der Waals surface area contributed by atoms with Gasteiger partial charge >= 0.3 is 0 Å². The third kappa shape index (κ3) is 4.25. The van der Waals surface area contributed by atoms with Crippen molar-refractivity contribution in [2.24, 2.45) is 0 Å². The monoisotopic (exact) mass is 278 g/mol. The summed E-state index contributed by atoms with van der Waals surface area (Å²) in [5.41, 5.74) is 2.68. The number of piperazine rings is 1. The van der Waals surface area contributed by atoms with E-state index in [0.717, 1.165) is 32.7 Å². The molecular formula is C15H22N2OS. The number of rotatable bonds is 4. The summed E-state index contributed by atoms with van der Waals surface area (Å²) in [5.74, 6) is 0.889. The number of amides is 1. The molecule has 0 radical (unpaired) electrons. The summed E-state index contributed by atoms with van der Waals surface area (Å²) in [6.45, 7) is 6.81. The average Bonchev–Trinajstić information content (AvgIpc) is 2.40. The summed E-state index contributed by atoms with van der Waals surface area (Å²) in [5, 5.41) is 0. The van der Waals surface area contributed by atoms with Gasteiger partial charge in [0.2, 0.25) is 5.91 Å². The van der Waals surface area contributed by atoms with E-state index >= 15 is 0 Å². The van der Waals surface area contributed by atoms with Crippen LogP contribution in [0.15, 0.2) is 24.3 Å². The molecule has 104 valence electrons. The molecule has 0 spiro atoms. The van der Waals surface area contributed by atoms with Crippen molar-refractivity contribution >= 4 is 17.7 Å². The van der Waals surface area contributed by atoms with Gasteiger partial charge in [0.05, 0.1) is 5.75 Å². The Hall–Kier alpha value is -1.00. The molecule has 1 fully saturated rings. The van der Waals surface area contributed by atoms with Crippen LogP contribution < -0.4 is 0 Å². The third-order valence-electron chi connectivity index (χ3n) is 3.48. The van der Waals surface area contributed by atoms with Crippen LogP contribution in [-0.2, 0) is 11.3 Å². The maximum absolute atomic E-state index is 11.8. The lowest BCUT2D eigenvalue weighted by Crippen LogP contribution is -2.48. The number of nitrogens with zero attached hydrogens (tertiary/aromatic N) is 2. The first-order valence-corrected chi connectivity index (χ1v) is 8.13. The van der Waals surface area contributed by atoms with E-state index in [0.29, 0.717) is 5.75 Å². The van der Waals surface area contributed by atoms with Gasteiger partial charge in [0.1, 0.15) is 0 Å². The Bertz CT molecular complexity index is 428. The Kier molecular flexibility index (Phi) is 5.28. The average molecular weight is 278 g/mol. The molecule has 0 unspecified atom stereocenters. The summed E-state index contributed by atoms with van der Waals surface area (Å²) in [4.78, 5) is 16.2. The predicted molar refractivity (Wildman–Crippen MR) is 81.4 cm³/mol. The van der Waals surface area contributed by atoms with E-state index in [2.05, 4.69) is 36.1 Å². The SMILES string of the molecule is CSCC(=O)N1CCN(Cc2cccc(C)c2)CC1. The maximum Gasteiger partial charge on any atom is 0.232 e. The Morgan fingerprint density at radius 1 is 1.26 bits per heavy atom. The number of carbonyl (C=O) groups is 1. The molecule has 1 amide bonds. The Morgan fingerprint density at radius 3 is 2.63 bits per heavy atom. The molecule has 1 heterocycles. The molecule has 4 heteroatoms. The highest BCUT2D eigenvalue weighted by Crippen LogP contribution is 2.11. The van der Waals surface area contributed by atoms with Crippen LogP contribution in [0.3, 0.4) is 0 Å². The first kappa shape index (κ1) is 14.4. The van der Waals surface area contributed by atoms with E-state index in [9.17, 15) is 4.79 Å². The van der Waals surface area contributed by atoms with Gasteiger partial charge in [-0.3, -0.25) is 9.69 Å². The minimum atomic E-state index is 0.280. The van der Waals surface area contributed by atoms with E-state index < -0.39 is 0 Å². The number of thioether (sulfide) groups is 1. The minimum Gasteiger partial charge on any atom is -0.339 e. The molecule has 3 nitrogen and oxygen atoms in total. The van der Waals surface area contributed by atoms with Gasteiger partial charge in [-0.25, -0.2) is 0 Å². The topological polar surface area (TPSA) is 23.6 Å². The van der Waals surface area contributed by atoms with Gasteiger partial charge in [0.25, 0.3) is 0 Å². The van der Waals surface area contributed by atoms with E-state index in [1.54, 1.807) is 11.8 Å². The number of aryl methyl sites for hydroxylation is 1. The predicted octanol–water partition coefficient (Wildman–Crippen LogP) is 2.00. The van der Waals surface area contributed by atoms with Crippen LogP contribution in [0.2, 0.25) is 0 Å². The summed E-state index contributed by atoms with van der Waals surface area (Å²) in [6.07, 6.45) is 1.98. The molecule has 0 aliphatic carbocycles. The molecule has 1 aliphatic rings. The lowest BCUT2D eigenvalue weighted by molar-refractivity contribution is -0.130. The quantitative estimate of drug-likeness (QED) is 0.841. The van der Waals surface area contributed by atoms with Crippen molar-refractivity contribution in [3.63, 3.8) is 0 Å². The van der Waals surface area contributed by atoms with Crippen LogP contribution in [0.5, 0.6) is 0 Å². The summed E-state index contributed by atoms with van der Waals surface area (Å²) in [6, 6.07) is 8.66. The van der Waals surface area contributed by atoms with Crippen molar-refractivity contribution in [3.05, 3.63) is 35.4 Å². The van der Waals surface area contributed by atoms with Gasteiger partial charge in [-0.1, -0.05) is 29.8 Å². The van der Waals surface area contributed by atoms with Gasteiger partial charge < -0.3 is 4.90 Å². The van der Waals surface area contributed by atoms with Crippen LogP contribution in [-0.4, -0.2) is 53.9 Å². The molecule has 0 atom stereocenters. The number of hydrogen-bond acceptors (Lipinski definition) is 3. The minimum absolute atomic E-state index is 0.280. The fourth-order valence-corrected chi connectivity index (χ4v) is 2.87. The zero-order valence-electron chi connectivity index (χ0n) is 11.8. The second-order valence-electron chi connectivity index (χ2n) is 5.08. The largest absolute Gasteiger partial charge is 0.339 e. The molecule has 0 bridgehead atoms. The maximum atomic E-state index is 11.8. The fourth-order valence-electron chi connectivity index (χ4n) is 2.44. The van der Waals surface area contributed by atoms with Gasteiger partial charge in [-0.05, 0) is 18.7 Å². The van der Waals surface area contributed by atoms with Crippen LogP contribution >= 0.6 is 11.8 Å². The van der Waals surface area contributed by atoms with Crippen LogP contribution in [0.25, 0.3) is 0 Å². The zero-order chi connectivity index (χ0) is 13.7. The van der Waals surface area contributed by atoms with Crippen molar-refractivity contribution in [1.29, 1.82) is 0 Å². The van der Waals surface area contributed by atoms with E-state index in [1.165, 1.54) is 11.1 Å². The first-order valence-electron chi connectivity index (χ1n) is 6.73. The highest BCUT2D eigenvalue weighted by molar-refractivity contribution is 7.99. The standard InChI is InChI=1S/C15H22N2OS/c1-13-4-3-5-14(10-13)11-16-6-8-17(9-7-16)15(18)12-19-2/h3-5,10H,6-9,11-12H2,1-2H3. The molecule has 0 saturated carbocycles. The number of benzene rings is 1. The number of carbonyl (C=O) groups excluding carboxylic acids is 1. The molecule has 1 saturated heterocycles. The van der Waals surface area contributed by atoms with Crippen molar-refractivity contribution in [3.8, 4) is 0 Å². The van der Waals surface area contributed by atoms with Gasteiger partial charge in [0.15, 0.2) is 0 Å². The van der Waals surface area contributed by atoms with Crippen molar-refractivity contribution in [1.82, 2.24) is 9.80 Å². The van der Waals surface area contributed by atoms with E-state index in [4.69, 9.17) is 0 Å². The number of hydrogen-bond donors (Lipinski definition) is 0. The zero-order valence-corrected chi connectivity index (χ0v) is 12.6. The Labute approximate surface area is 120 Å². The lowest BCUT2D eigenvalue weighted by atomic mass is 10.1. The molecule has 19 heavy (non-hydrogen) atoms. The Morgan fingerprint density at radius 2 is 2.00 bits per heavy atom. The van der Waals surface area contributed by atoms with Gasteiger partial charge in [0, 0.05) is 32.7 Å². The lowest BCUT2D eigenvalue weighted by Gasteiger charge is -2.34. The van der Waals surface area contributed by atoms with Crippen LogP contribution in [0.4, 0.5) is 0 Å². The molecule has 1 aromatic rings. The van der Waals surface area contributed by atoms with Crippen LogP contribution in [0, 0.1) is 6.92 Å². The van der Waals surface area contributed by atoms with Crippen molar-refractivity contribution in [2.75, 3.05) is 38.2 Å². The molecular weight excluding hydrogens is 256 g/mol. The summed E-state index contributed by atoms with van der Waals surface area (Å²) in [7, 11) is 0. The first-order chi connectivity index (χ1) is 9.19. The smallest absolute Gasteiger partial charge is 0.232 e. The van der Waals surface area contributed by atoms with Crippen molar-refractivity contribution in [2.45, 2.75) is 13.5 Å². The summed E-state index contributed by atoms with van der Waals surface area (Å²) < 4.78 is 0. The second-order valence-corrected chi connectivity index (χ2v) is 5.95. The molecule has 1 aromatic carbocycles. The fraction of sp³-hybridized carbons (Fsp3) is 0.533. The third-order valence-corrected chi connectivity index (χ3v) is 4.02. The summed E-state index contributed by atoms with van der Waals surface area (Å²) >= 11 is 1.60. The van der Waals surface area contributed by atoms with E-state index in [1.807, 2.05) is 11.2 Å².